The molecule has 1 amide bonds. The fraction of sp³-hybridized carbons (Fsp3) is 0.273. The van der Waals surface area contributed by atoms with E-state index < -0.39 is 5.91 Å². The molecule has 0 saturated heterocycles. The van der Waals surface area contributed by atoms with Gasteiger partial charge in [-0.3, -0.25) is 4.79 Å². The van der Waals surface area contributed by atoms with E-state index in [0.29, 0.717) is 36.0 Å². The molecule has 6 nitrogen and oxygen atoms in total. The van der Waals surface area contributed by atoms with Gasteiger partial charge in [-0.15, -0.1) is 0 Å². The van der Waals surface area contributed by atoms with Crippen molar-refractivity contribution in [3.05, 3.63) is 52.1 Å². The van der Waals surface area contributed by atoms with E-state index in [1.165, 1.54) is 13.2 Å². The van der Waals surface area contributed by atoms with Crippen LogP contribution in [0.15, 0.2) is 29.8 Å². The molecule has 1 aliphatic rings. The Kier molecular flexibility index (Phi) is 5.55. The number of rotatable bonds is 4. The highest BCUT2D eigenvalue weighted by atomic mass is 16.6. The first kappa shape index (κ1) is 19.3. The van der Waals surface area contributed by atoms with Gasteiger partial charge in [-0.1, -0.05) is 17.7 Å². The maximum Gasteiger partial charge on any atom is 0.266 e. The summed E-state index contributed by atoms with van der Waals surface area (Å²) in [6, 6.07) is 9.39. The second-order valence-corrected chi connectivity index (χ2v) is 6.65. The molecule has 1 aliphatic heterocycles. The van der Waals surface area contributed by atoms with E-state index in [0.717, 1.165) is 22.4 Å². The molecular weight excluding hydrogens is 356 g/mol. The number of anilines is 1. The topological polar surface area (TPSA) is 80.6 Å². The Balaban J connectivity index is 1.92. The van der Waals surface area contributed by atoms with Gasteiger partial charge >= 0.3 is 0 Å². The van der Waals surface area contributed by atoms with Crippen LogP contribution in [-0.4, -0.2) is 26.2 Å². The fourth-order valence-corrected chi connectivity index (χ4v) is 3.25. The average Bonchev–Trinajstić information content (AvgIpc) is 2.67. The number of methoxy groups -OCH3 is 1. The largest absolute Gasteiger partial charge is 0.493 e. The number of benzene rings is 2. The van der Waals surface area contributed by atoms with Crippen molar-refractivity contribution >= 4 is 17.7 Å². The lowest BCUT2D eigenvalue weighted by molar-refractivity contribution is -0.112. The van der Waals surface area contributed by atoms with Gasteiger partial charge in [-0.25, -0.2) is 0 Å². The van der Waals surface area contributed by atoms with Crippen molar-refractivity contribution in [2.24, 2.45) is 0 Å². The number of ether oxygens (including phenoxy) is 3. The lowest BCUT2D eigenvalue weighted by atomic mass is 10.0. The third-order valence-corrected chi connectivity index (χ3v) is 4.44. The van der Waals surface area contributed by atoms with Gasteiger partial charge in [0.15, 0.2) is 11.5 Å². The van der Waals surface area contributed by atoms with Gasteiger partial charge in [-0.05, 0) is 55.7 Å². The van der Waals surface area contributed by atoms with E-state index in [1.807, 2.05) is 39.0 Å². The van der Waals surface area contributed by atoms with Crippen LogP contribution in [0.4, 0.5) is 5.69 Å². The van der Waals surface area contributed by atoms with Gasteiger partial charge in [0.1, 0.15) is 24.9 Å². The van der Waals surface area contributed by atoms with Crippen LogP contribution in [0, 0.1) is 32.1 Å². The Hall–Kier alpha value is -3.46. The summed E-state index contributed by atoms with van der Waals surface area (Å²) in [6.07, 6.45) is 1.51. The smallest absolute Gasteiger partial charge is 0.266 e. The second kappa shape index (κ2) is 8.05. The monoisotopic (exact) mass is 378 g/mol. The van der Waals surface area contributed by atoms with Crippen LogP contribution in [0.1, 0.15) is 22.3 Å². The second-order valence-electron chi connectivity index (χ2n) is 6.65. The number of nitrogens with zero attached hydrogens (tertiary/aromatic N) is 1. The highest BCUT2D eigenvalue weighted by molar-refractivity contribution is 6.10. The summed E-state index contributed by atoms with van der Waals surface area (Å²) in [7, 11) is 1.53. The number of hydrogen-bond acceptors (Lipinski definition) is 5. The minimum Gasteiger partial charge on any atom is -0.493 e. The third kappa shape index (κ3) is 3.94. The predicted molar refractivity (Wildman–Crippen MR) is 107 cm³/mol. The summed E-state index contributed by atoms with van der Waals surface area (Å²) in [5.41, 5.74) is 4.33. The van der Waals surface area contributed by atoms with Gasteiger partial charge in [-0.2, -0.15) is 5.26 Å². The standard InChI is InChI=1S/C22H22N2O4/c1-13-7-14(2)20(15(3)8-13)24-22(25)17(12-23)9-16-10-18(26-4)21-19(11-16)27-5-6-28-21/h7-11H,5-6H2,1-4H3,(H,24,25)/b17-9+. The first-order valence-corrected chi connectivity index (χ1v) is 8.91. The van der Waals surface area contributed by atoms with E-state index in [2.05, 4.69) is 5.32 Å². The Morgan fingerprint density at radius 2 is 1.82 bits per heavy atom. The van der Waals surface area contributed by atoms with Crippen LogP contribution in [0.2, 0.25) is 0 Å². The maximum absolute atomic E-state index is 12.7. The molecule has 1 N–H and O–H groups in total. The molecule has 2 aromatic rings. The van der Waals surface area contributed by atoms with Crippen molar-refractivity contribution in [3.63, 3.8) is 0 Å². The maximum atomic E-state index is 12.7. The van der Waals surface area contributed by atoms with Crippen LogP contribution >= 0.6 is 0 Å². The quantitative estimate of drug-likeness (QED) is 0.644. The Bertz CT molecular complexity index is 962. The lowest BCUT2D eigenvalue weighted by Gasteiger charge is -2.21. The zero-order valence-corrected chi connectivity index (χ0v) is 16.4. The molecule has 0 radical (unpaired) electrons. The van der Waals surface area contributed by atoms with Crippen molar-refractivity contribution < 1.29 is 19.0 Å². The average molecular weight is 378 g/mol. The molecule has 2 aromatic carbocycles. The van der Waals surface area contributed by atoms with Crippen LogP contribution in [-0.2, 0) is 4.79 Å². The number of hydrogen-bond donors (Lipinski definition) is 1. The molecule has 0 aliphatic carbocycles. The number of carbonyl (C=O) groups is 1. The number of fused-ring (bicyclic) bond motifs is 1. The zero-order chi connectivity index (χ0) is 20.3. The minimum absolute atomic E-state index is 0.0156. The molecular formula is C22H22N2O4. The molecule has 0 unspecified atom stereocenters. The Morgan fingerprint density at radius 1 is 1.14 bits per heavy atom. The van der Waals surface area contributed by atoms with E-state index in [1.54, 1.807) is 12.1 Å². The molecule has 0 spiro atoms. The summed E-state index contributed by atoms with van der Waals surface area (Å²) >= 11 is 0. The van der Waals surface area contributed by atoms with Crippen molar-refractivity contribution in [2.45, 2.75) is 20.8 Å². The highest BCUT2D eigenvalue weighted by Gasteiger charge is 2.19. The molecule has 0 saturated carbocycles. The normalized spacial score (nSPS) is 12.9. The molecule has 6 heteroatoms. The zero-order valence-electron chi connectivity index (χ0n) is 16.4. The van der Waals surface area contributed by atoms with Crippen molar-refractivity contribution in [1.82, 2.24) is 0 Å². The predicted octanol–water partition coefficient (Wildman–Crippen LogP) is 3.94. The van der Waals surface area contributed by atoms with Gasteiger partial charge < -0.3 is 19.5 Å². The molecule has 1 heterocycles. The number of carbonyl (C=O) groups excluding carboxylic acids is 1. The van der Waals surface area contributed by atoms with E-state index in [4.69, 9.17) is 14.2 Å². The van der Waals surface area contributed by atoms with E-state index >= 15 is 0 Å². The minimum atomic E-state index is -0.466. The number of aryl methyl sites for hydroxylation is 3. The molecule has 0 aromatic heterocycles. The summed E-state index contributed by atoms with van der Waals surface area (Å²) in [5.74, 6) is 1.08. The highest BCUT2D eigenvalue weighted by Crippen LogP contribution is 2.40. The summed E-state index contributed by atoms with van der Waals surface area (Å²) in [4.78, 5) is 12.7. The molecule has 28 heavy (non-hydrogen) atoms. The van der Waals surface area contributed by atoms with Gasteiger partial charge in [0, 0.05) is 5.69 Å². The molecule has 3 rings (SSSR count). The third-order valence-electron chi connectivity index (χ3n) is 4.44. The Labute approximate surface area is 164 Å². The van der Waals surface area contributed by atoms with Crippen LogP contribution < -0.4 is 19.5 Å². The number of amides is 1. The molecule has 0 fully saturated rings. The van der Waals surface area contributed by atoms with Gasteiger partial charge in [0.2, 0.25) is 5.75 Å². The molecule has 0 atom stereocenters. The van der Waals surface area contributed by atoms with Gasteiger partial charge in [0.25, 0.3) is 5.91 Å². The summed E-state index contributed by atoms with van der Waals surface area (Å²) in [6.45, 7) is 6.73. The molecule has 144 valence electrons. The van der Waals surface area contributed by atoms with Crippen LogP contribution in [0.5, 0.6) is 17.2 Å². The SMILES string of the molecule is COc1cc(/C=C(\C#N)C(=O)Nc2c(C)cc(C)cc2C)cc2c1OCCO2. The van der Waals surface area contributed by atoms with Crippen molar-refractivity contribution in [2.75, 3.05) is 25.6 Å². The van der Waals surface area contributed by atoms with Crippen LogP contribution in [0.25, 0.3) is 6.08 Å². The first-order chi connectivity index (χ1) is 13.4. The van der Waals surface area contributed by atoms with Gasteiger partial charge in [0.05, 0.1) is 7.11 Å². The van der Waals surface area contributed by atoms with Crippen molar-refractivity contribution in [1.29, 1.82) is 5.26 Å². The summed E-state index contributed by atoms with van der Waals surface area (Å²) in [5, 5.41) is 12.4. The number of nitrogens with one attached hydrogen (secondary N) is 1. The number of nitriles is 1. The van der Waals surface area contributed by atoms with E-state index in [9.17, 15) is 10.1 Å². The fourth-order valence-electron chi connectivity index (χ4n) is 3.25. The van der Waals surface area contributed by atoms with Crippen LogP contribution in [0.3, 0.4) is 0 Å². The molecule has 0 bridgehead atoms. The lowest BCUT2D eigenvalue weighted by Crippen LogP contribution is -2.16. The first-order valence-electron chi connectivity index (χ1n) is 8.91. The Morgan fingerprint density at radius 3 is 2.46 bits per heavy atom. The van der Waals surface area contributed by atoms with Crippen molar-refractivity contribution in [3.8, 4) is 23.3 Å². The van der Waals surface area contributed by atoms with E-state index in [-0.39, 0.29) is 5.57 Å². The summed E-state index contributed by atoms with van der Waals surface area (Å²) < 4.78 is 16.5.